The summed E-state index contributed by atoms with van der Waals surface area (Å²) in [5, 5.41) is 11.8. The normalized spacial score (nSPS) is 27.1. The molecule has 1 N–H and O–H groups in total. The van der Waals surface area contributed by atoms with Gasteiger partial charge in [-0.1, -0.05) is 13.8 Å². The Labute approximate surface area is 88.4 Å². The van der Waals surface area contributed by atoms with E-state index in [0.29, 0.717) is 5.41 Å². The molecule has 78 valence electrons. The van der Waals surface area contributed by atoms with Crippen LogP contribution in [0, 0.1) is 5.41 Å². The highest BCUT2D eigenvalue weighted by Crippen LogP contribution is 2.37. The summed E-state index contributed by atoms with van der Waals surface area (Å²) in [5.41, 5.74) is 0.432. The molecule has 1 aromatic rings. The van der Waals surface area contributed by atoms with Gasteiger partial charge in [0.15, 0.2) is 5.13 Å². The molecule has 0 bridgehead atoms. The molecule has 1 aliphatic heterocycles. The van der Waals surface area contributed by atoms with Gasteiger partial charge >= 0.3 is 0 Å². The van der Waals surface area contributed by atoms with Crippen LogP contribution in [0.25, 0.3) is 0 Å². The van der Waals surface area contributed by atoms with E-state index in [2.05, 4.69) is 23.7 Å². The number of hydrogen-bond donors (Lipinski definition) is 1. The smallest absolute Gasteiger partial charge is 0.223 e. The van der Waals surface area contributed by atoms with Crippen molar-refractivity contribution in [2.45, 2.75) is 26.7 Å². The number of hydrogen-bond acceptors (Lipinski definition) is 4. The molecule has 4 heteroatoms. The predicted molar refractivity (Wildman–Crippen MR) is 59.0 cm³/mol. The minimum absolute atomic E-state index is 0.148. The van der Waals surface area contributed by atoms with Gasteiger partial charge in [-0.15, -0.1) is 11.3 Å². The number of anilines is 1. The van der Waals surface area contributed by atoms with Crippen molar-refractivity contribution in [2.24, 2.45) is 5.41 Å². The highest BCUT2D eigenvalue weighted by Gasteiger charge is 2.33. The first kappa shape index (κ1) is 9.77. The Morgan fingerprint density at radius 2 is 2.50 bits per heavy atom. The number of aromatic hydroxyl groups is 1. The zero-order valence-electron chi connectivity index (χ0n) is 8.66. The minimum atomic E-state index is 0.148. The van der Waals surface area contributed by atoms with Gasteiger partial charge in [-0.05, 0) is 18.3 Å². The van der Waals surface area contributed by atoms with E-state index in [0.717, 1.165) is 18.2 Å². The monoisotopic (exact) mass is 212 g/mol. The lowest BCUT2D eigenvalue weighted by Gasteiger charge is -2.22. The molecule has 1 saturated heterocycles. The molecular formula is C10H16N2OS. The second kappa shape index (κ2) is 3.42. The molecule has 2 rings (SSSR count). The van der Waals surface area contributed by atoms with Gasteiger partial charge in [0.2, 0.25) is 5.88 Å². The maximum absolute atomic E-state index is 9.17. The Morgan fingerprint density at radius 3 is 3.00 bits per heavy atom. The highest BCUT2D eigenvalue weighted by molar-refractivity contribution is 7.13. The molecule has 1 fully saturated rings. The van der Waals surface area contributed by atoms with Crippen LogP contribution < -0.4 is 4.90 Å². The molecule has 0 spiro atoms. The summed E-state index contributed by atoms with van der Waals surface area (Å²) in [6.07, 6.45) is 2.44. The van der Waals surface area contributed by atoms with Gasteiger partial charge in [-0.2, -0.15) is 4.98 Å². The van der Waals surface area contributed by atoms with Crippen LogP contribution in [0.3, 0.4) is 0 Å². The molecule has 3 nitrogen and oxygen atoms in total. The van der Waals surface area contributed by atoms with Crippen LogP contribution in [-0.2, 0) is 0 Å². The molecule has 0 amide bonds. The van der Waals surface area contributed by atoms with Crippen molar-refractivity contribution in [1.29, 1.82) is 0 Å². The first-order valence-electron chi connectivity index (χ1n) is 5.02. The Hall–Kier alpha value is -0.770. The van der Waals surface area contributed by atoms with E-state index < -0.39 is 0 Å². The van der Waals surface area contributed by atoms with Crippen molar-refractivity contribution in [2.75, 3.05) is 18.0 Å². The van der Waals surface area contributed by atoms with Crippen LogP contribution >= 0.6 is 11.3 Å². The molecule has 2 heterocycles. The van der Waals surface area contributed by atoms with Gasteiger partial charge in [0.25, 0.3) is 0 Å². The SMILES string of the molecule is CCC1(C)CCN(c2nc(O)cs2)C1. The van der Waals surface area contributed by atoms with Gasteiger partial charge < -0.3 is 10.0 Å². The maximum Gasteiger partial charge on any atom is 0.223 e. The van der Waals surface area contributed by atoms with Crippen molar-refractivity contribution in [3.63, 3.8) is 0 Å². The van der Waals surface area contributed by atoms with E-state index >= 15 is 0 Å². The van der Waals surface area contributed by atoms with Crippen molar-refractivity contribution >= 4 is 16.5 Å². The van der Waals surface area contributed by atoms with E-state index in [1.165, 1.54) is 24.2 Å². The fourth-order valence-corrected chi connectivity index (χ4v) is 2.59. The van der Waals surface area contributed by atoms with Crippen molar-refractivity contribution in [3.8, 4) is 5.88 Å². The average molecular weight is 212 g/mol. The second-order valence-electron chi connectivity index (χ2n) is 4.32. The average Bonchev–Trinajstić information content (AvgIpc) is 2.73. The largest absolute Gasteiger partial charge is 0.493 e. The minimum Gasteiger partial charge on any atom is -0.493 e. The van der Waals surface area contributed by atoms with Crippen LogP contribution in [0.5, 0.6) is 5.88 Å². The lowest BCUT2D eigenvalue weighted by molar-refractivity contribution is 0.355. The van der Waals surface area contributed by atoms with Crippen molar-refractivity contribution in [1.82, 2.24) is 4.98 Å². The van der Waals surface area contributed by atoms with Gasteiger partial charge in [0, 0.05) is 13.1 Å². The summed E-state index contributed by atoms with van der Waals surface area (Å²) < 4.78 is 0. The van der Waals surface area contributed by atoms with Crippen molar-refractivity contribution < 1.29 is 5.11 Å². The summed E-state index contributed by atoms with van der Waals surface area (Å²) >= 11 is 1.52. The van der Waals surface area contributed by atoms with Crippen LogP contribution in [-0.4, -0.2) is 23.2 Å². The van der Waals surface area contributed by atoms with E-state index in [4.69, 9.17) is 0 Å². The van der Waals surface area contributed by atoms with Gasteiger partial charge in [0.05, 0.1) is 5.38 Å². The molecule has 1 atom stereocenters. The second-order valence-corrected chi connectivity index (χ2v) is 5.16. The molecule has 1 aliphatic rings. The fourth-order valence-electron chi connectivity index (χ4n) is 1.88. The Bertz CT molecular complexity index is 326. The molecular weight excluding hydrogens is 196 g/mol. The van der Waals surface area contributed by atoms with Gasteiger partial charge in [-0.3, -0.25) is 0 Å². The molecule has 14 heavy (non-hydrogen) atoms. The fraction of sp³-hybridized carbons (Fsp3) is 0.700. The third kappa shape index (κ3) is 1.71. The standard InChI is InChI=1S/C10H16N2OS/c1-3-10(2)4-5-12(7-10)9-11-8(13)6-14-9/h6,13H,3-5,7H2,1-2H3. The van der Waals surface area contributed by atoms with Gasteiger partial charge in [0.1, 0.15) is 0 Å². The van der Waals surface area contributed by atoms with E-state index in [1.807, 2.05) is 0 Å². The molecule has 1 aromatic heterocycles. The Balaban J connectivity index is 2.09. The van der Waals surface area contributed by atoms with E-state index in [1.54, 1.807) is 5.38 Å². The zero-order valence-corrected chi connectivity index (χ0v) is 9.47. The predicted octanol–water partition coefficient (Wildman–Crippen LogP) is 2.48. The number of rotatable bonds is 2. The molecule has 1 unspecified atom stereocenters. The van der Waals surface area contributed by atoms with E-state index in [9.17, 15) is 5.11 Å². The lowest BCUT2D eigenvalue weighted by atomic mass is 9.87. The first-order valence-corrected chi connectivity index (χ1v) is 5.90. The van der Waals surface area contributed by atoms with Gasteiger partial charge in [-0.25, -0.2) is 0 Å². The van der Waals surface area contributed by atoms with E-state index in [-0.39, 0.29) is 5.88 Å². The third-order valence-electron chi connectivity index (χ3n) is 3.16. The summed E-state index contributed by atoms with van der Waals surface area (Å²) in [6, 6.07) is 0. The van der Waals surface area contributed by atoms with Crippen LogP contribution in [0.4, 0.5) is 5.13 Å². The summed E-state index contributed by atoms with van der Waals surface area (Å²) in [5.74, 6) is 0.148. The molecule has 0 radical (unpaired) electrons. The summed E-state index contributed by atoms with van der Waals surface area (Å²) in [6.45, 7) is 6.69. The maximum atomic E-state index is 9.17. The topological polar surface area (TPSA) is 36.4 Å². The van der Waals surface area contributed by atoms with Crippen molar-refractivity contribution in [3.05, 3.63) is 5.38 Å². The Kier molecular flexibility index (Phi) is 2.39. The molecule has 0 aromatic carbocycles. The van der Waals surface area contributed by atoms with Crippen LogP contribution in [0.2, 0.25) is 0 Å². The summed E-state index contributed by atoms with van der Waals surface area (Å²) in [4.78, 5) is 6.36. The first-order chi connectivity index (χ1) is 6.63. The zero-order chi connectivity index (χ0) is 10.2. The number of thiazole rings is 1. The number of nitrogens with zero attached hydrogens (tertiary/aromatic N) is 2. The lowest BCUT2D eigenvalue weighted by Crippen LogP contribution is -2.23. The quantitative estimate of drug-likeness (QED) is 0.818. The summed E-state index contributed by atoms with van der Waals surface area (Å²) in [7, 11) is 0. The highest BCUT2D eigenvalue weighted by atomic mass is 32.1. The van der Waals surface area contributed by atoms with Crippen LogP contribution in [0.15, 0.2) is 5.38 Å². The van der Waals surface area contributed by atoms with Crippen LogP contribution in [0.1, 0.15) is 26.7 Å². The molecule has 0 aliphatic carbocycles. The Morgan fingerprint density at radius 1 is 1.71 bits per heavy atom. The third-order valence-corrected chi connectivity index (χ3v) is 4.05. The molecule has 0 saturated carbocycles. The number of aromatic nitrogens is 1.